The fourth-order valence-corrected chi connectivity index (χ4v) is 2.53. The van der Waals surface area contributed by atoms with Gasteiger partial charge in [0, 0.05) is 24.3 Å². The largest absolute Gasteiger partial charge is 0.497 e. The van der Waals surface area contributed by atoms with Crippen molar-refractivity contribution in [1.29, 1.82) is 0 Å². The SMILES string of the molecule is COc1cc(F)c(C(Cl)C2CCCCO2)c(F)c1. The Labute approximate surface area is 110 Å². The predicted octanol–water partition coefficient (Wildman–Crippen LogP) is 3.82. The van der Waals surface area contributed by atoms with Crippen molar-refractivity contribution in [2.45, 2.75) is 30.7 Å². The second-order valence-electron chi connectivity index (χ2n) is 4.31. The highest BCUT2D eigenvalue weighted by molar-refractivity contribution is 6.21. The van der Waals surface area contributed by atoms with Crippen LogP contribution in [-0.2, 0) is 4.74 Å². The lowest BCUT2D eigenvalue weighted by Crippen LogP contribution is -2.24. The minimum atomic E-state index is -0.809. The monoisotopic (exact) mass is 276 g/mol. The van der Waals surface area contributed by atoms with Crippen LogP contribution in [0.1, 0.15) is 30.2 Å². The summed E-state index contributed by atoms with van der Waals surface area (Å²) in [6.07, 6.45) is 2.32. The van der Waals surface area contributed by atoms with E-state index < -0.39 is 17.0 Å². The summed E-state index contributed by atoms with van der Waals surface area (Å²) in [7, 11) is 1.36. The Morgan fingerprint density at radius 2 is 2.00 bits per heavy atom. The highest BCUT2D eigenvalue weighted by atomic mass is 35.5. The maximum atomic E-state index is 13.8. The van der Waals surface area contributed by atoms with Crippen LogP contribution in [-0.4, -0.2) is 19.8 Å². The lowest BCUT2D eigenvalue weighted by molar-refractivity contribution is 0.0125. The molecule has 0 amide bonds. The van der Waals surface area contributed by atoms with E-state index in [4.69, 9.17) is 21.1 Å². The number of ether oxygens (including phenoxy) is 2. The third kappa shape index (κ3) is 2.75. The quantitative estimate of drug-likeness (QED) is 0.782. The van der Waals surface area contributed by atoms with E-state index in [0.717, 1.165) is 31.4 Å². The Kier molecular flexibility index (Phi) is 4.40. The molecule has 0 bridgehead atoms. The van der Waals surface area contributed by atoms with Crippen LogP contribution in [0.3, 0.4) is 0 Å². The summed E-state index contributed by atoms with van der Waals surface area (Å²) in [6.45, 7) is 0.591. The molecule has 1 saturated heterocycles. The number of hydrogen-bond acceptors (Lipinski definition) is 2. The fourth-order valence-electron chi connectivity index (χ4n) is 2.12. The summed E-state index contributed by atoms with van der Waals surface area (Å²) in [4.78, 5) is 0. The van der Waals surface area contributed by atoms with Crippen LogP contribution in [0.25, 0.3) is 0 Å². The van der Waals surface area contributed by atoms with E-state index >= 15 is 0 Å². The van der Waals surface area contributed by atoms with Crippen LogP contribution in [0.5, 0.6) is 5.75 Å². The lowest BCUT2D eigenvalue weighted by atomic mass is 9.99. The first-order valence-corrected chi connectivity index (χ1v) is 6.35. The molecule has 1 fully saturated rings. The topological polar surface area (TPSA) is 18.5 Å². The standard InChI is InChI=1S/C13H15ClF2O2/c1-17-8-6-9(15)12(10(16)7-8)13(14)11-4-2-3-5-18-11/h6-7,11,13H,2-5H2,1H3. The number of rotatable bonds is 3. The molecule has 0 saturated carbocycles. The minimum Gasteiger partial charge on any atom is -0.497 e. The van der Waals surface area contributed by atoms with Crippen LogP contribution in [0.15, 0.2) is 12.1 Å². The zero-order valence-corrected chi connectivity index (χ0v) is 10.8. The van der Waals surface area contributed by atoms with Crippen LogP contribution in [0.2, 0.25) is 0 Å². The summed E-state index contributed by atoms with van der Waals surface area (Å²) in [5.74, 6) is -1.25. The van der Waals surface area contributed by atoms with Gasteiger partial charge in [-0.1, -0.05) is 0 Å². The summed E-state index contributed by atoms with van der Waals surface area (Å²) in [6, 6.07) is 2.27. The van der Waals surface area contributed by atoms with Crippen molar-refractivity contribution < 1.29 is 18.3 Å². The Hall–Kier alpha value is -0.870. The van der Waals surface area contributed by atoms with Crippen molar-refractivity contribution in [2.75, 3.05) is 13.7 Å². The zero-order chi connectivity index (χ0) is 13.1. The molecule has 2 atom stereocenters. The Morgan fingerprint density at radius 1 is 1.33 bits per heavy atom. The molecule has 5 heteroatoms. The first kappa shape index (κ1) is 13.6. The minimum absolute atomic E-state index is 0.135. The Morgan fingerprint density at radius 3 is 2.50 bits per heavy atom. The van der Waals surface area contributed by atoms with Crippen LogP contribution >= 0.6 is 11.6 Å². The number of benzene rings is 1. The molecule has 1 heterocycles. The molecule has 0 aliphatic carbocycles. The normalized spacial score (nSPS) is 21.7. The first-order chi connectivity index (χ1) is 8.63. The van der Waals surface area contributed by atoms with Crippen LogP contribution in [0.4, 0.5) is 8.78 Å². The van der Waals surface area contributed by atoms with Crippen molar-refractivity contribution in [3.05, 3.63) is 29.3 Å². The first-order valence-electron chi connectivity index (χ1n) is 5.92. The number of halogens is 3. The Bertz CT molecular complexity index is 396. The highest BCUT2D eigenvalue weighted by Crippen LogP contribution is 2.36. The fraction of sp³-hybridized carbons (Fsp3) is 0.538. The molecule has 100 valence electrons. The predicted molar refractivity (Wildman–Crippen MR) is 65.1 cm³/mol. The van der Waals surface area contributed by atoms with Gasteiger partial charge in [-0.3, -0.25) is 0 Å². The van der Waals surface area contributed by atoms with Gasteiger partial charge in [0.25, 0.3) is 0 Å². The molecule has 2 rings (SSSR count). The molecular formula is C13H15ClF2O2. The summed E-state index contributed by atoms with van der Waals surface area (Å²) < 4.78 is 38.0. The van der Waals surface area contributed by atoms with Gasteiger partial charge < -0.3 is 9.47 Å². The van der Waals surface area contributed by atoms with Gasteiger partial charge in [-0.2, -0.15) is 0 Å². The van der Waals surface area contributed by atoms with Crippen molar-refractivity contribution in [3.63, 3.8) is 0 Å². The second-order valence-corrected chi connectivity index (χ2v) is 4.78. The van der Waals surface area contributed by atoms with Crippen molar-refractivity contribution in [3.8, 4) is 5.75 Å². The van der Waals surface area contributed by atoms with E-state index in [1.165, 1.54) is 7.11 Å². The molecule has 0 aromatic heterocycles. The molecule has 0 radical (unpaired) electrons. The summed E-state index contributed by atoms with van der Waals surface area (Å²) in [5, 5.41) is -0.809. The summed E-state index contributed by atoms with van der Waals surface area (Å²) in [5.41, 5.74) is -0.135. The van der Waals surface area contributed by atoms with Crippen molar-refractivity contribution >= 4 is 11.6 Å². The van der Waals surface area contributed by atoms with Gasteiger partial charge in [0.15, 0.2) is 0 Å². The average molecular weight is 277 g/mol. The number of alkyl halides is 1. The zero-order valence-electron chi connectivity index (χ0n) is 10.1. The van der Waals surface area contributed by atoms with Gasteiger partial charge in [0.2, 0.25) is 0 Å². The molecule has 1 aromatic rings. The Balaban J connectivity index is 2.26. The molecule has 2 nitrogen and oxygen atoms in total. The van der Waals surface area contributed by atoms with E-state index in [2.05, 4.69) is 0 Å². The average Bonchev–Trinajstić information content (AvgIpc) is 2.38. The van der Waals surface area contributed by atoms with Gasteiger partial charge in [-0.15, -0.1) is 11.6 Å². The highest BCUT2D eigenvalue weighted by Gasteiger charge is 2.29. The van der Waals surface area contributed by atoms with Crippen molar-refractivity contribution in [1.82, 2.24) is 0 Å². The van der Waals surface area contributed by atoms with Crippen LogP contribution in [0, 0.1) is 11.6 Å². The maximum Gasteiger partial charge on any atom is 0.134 e. The van der Waals surface area contributed by atoms with E-state index in [9.17, 15) is 8.78 Å². The molecule has 18 heavy (non-hydrogen) atoms. The molecule has 1 aliphatic heterocycles. The molecule has 0 N–H and O–H groups in total. The second kappa shape index (κ2) is 5.85. The number of hydrogen-bond donors (Lipinski definition) is 0. The lowest BCUT2D eigenvalue weighted by Gasteiger charge is -2.27. The van der Waals surface area contributed by atoms with E-state index in [0.29, 0.717) is 6.61 Å². The van der Waals surface area contributed by atoms with Crippen LogP contribution < -0.4 is 4.74 Å². The van der Waals surface area contributed by atoms with Gasteiger partial charge >= 0.3 is 0 Å². The van der Waals surface area contributed by atoms with E-state index in [1.807, 2.05) is 0 Å². The molecule has 2 unspecified atom stereocenters. The van der Waals surface area contributed by atoms with Gasteiger partial charge in [-0.25, -0.2) is 8.78 Å². The molecule has 1 aromatic carbocycles. The number of methoxy groups -OCH3 is 1. The van der Waals surface area contributed by atoms with Gasteiger partial charge in [0.1, 0.15) is 17.4 Å². The van der Waals surface area contributed by atoms with Gasteiger partial charge in [-0.05, 0) is 19.3 Å². The molecular weight excluding hydrogens is 262 g/mol. The smallest absolute Gasteiger partial charge is 0.134 e. The van der Waals surface area contributed by atoms with Crippen molar-refractivity contribution in [2.24, 2.45) is 0 Å². The maximum absolute atomic E-state index is 13.8. The van der Waals surface area contributed by atoms with E-state index in [1.54, 1.807) is 0 Å². The van der Waals surface area contributed by atoms with Gasteiger partial charge in [0.05, 0.1) is 18.6 Å². The summed E-state index contributed by atoms with van der Waals surface area (Å²) >= 11 is 6.15. The third-order valence-electron chi connectivity index (χ3n) is 3.11. The van der Waals surface area contributed by atoms with E-state index in [-0.39, 0.29) is 17.4 Å². The third-order valence-corrected chi connectivity index (χ3v) is 3.60. The molecule has 1 aliphatic rings. The molecule has 0 spiro atoms.